The molecule has 2 aromatic rings. The van der Waals surface area contributed by atoms with Crippen LogP contribution in [0.3, 0.4) is 0 Å². The van der Waals surface area contributed by atoms with Gasteiger partial charge in [-0.05, 0) is 18.2 Å². The first kappa shape index (κ1) is 14.1. The lowest BCUT2D eigenvalue weighted by Gasteiger charge is -2.14. The smallest absolute Gasteiger partial charge is 0.337 e. The Balaban J connectivity index is 2.47. The van der Waals surface area contributed by atoms with Gasteiger partial charge in [0.05, 0.1) is 11.3 Å². The predicted octanol–water partition coefficient (Wildman–Crippen LogP) is 3.76. The Morgan fingerprint density at radius 3 is 2.55 bits per heavy atom. The van der Waals surface area contributed by atoms with Gasteiger partial charge in [0, 0.05) is 17.4 Å². The third-order valence-electron chi connectivity index (χ3n) is 2.34. The van der Waals surface area contributed by atoms with Crippen molar-refractivity contribution in [1.29, 1.82) is 5.26 Å². The monoisotopic (exact) mass is 298 g/mol. The third-order valence-corrected chi connectivity index (χ3v) is 2.58. The molecule has 0 spiro atoms. The van der Waals surface area contributed by atoms with Crippen LogP contribution in [-0.2, 0) is 6.18 Å². The molecule has 1 aromatic carbocycles. The maximum Gasteiger partial charge on any atom is 0.418 e. The number of hydrogen-bond donors (Lipinski definition) is 1. The number of hydrogen-bond acceptors (Lipinski definition) is 4. The second kappa shape index (κ2) is 5.35. The molecular weight excluding hydrogens is 293 g/mol. The van der Waals surface area contributed by atoms with E-state index in [1.165, 1.54) is 24.5 Å². The van der Waals surface area contributed by atoms with Crippen LogP contribution in [0.4, 0.5) is 24.7 Å². The van der Waals surface area contributed by atoms with Crippen LogP contribution in [-0.4, -0.2) is 9.97 Å². The molecule has 0 saturated carbocycles. The van der Waals surface area contributed by atoms with Crippen LogP contribution in [0.15, 0.2) is 30.6 Å². The SMILES string of the molecule is N#Cc1nccnc1Nc1ccc(Cl)cc1C(F)(F)F. The van der Waals surface area contributed by atoms with E-state index >= 15 is 0 Å². The minimum Gasteiger partial charge on any atom is -0.337 e. The summed E-state index contributed by atoms with van der Waals surface area (Å²) >= 11 is 5.58. The summed E-state index contributed by atoms with van der Waals surface area (Å²) in [4.78, 5) is 7.50. The van der Waals surface area contributed by atoms with Gasteiger partial charge in [-0.25, -0.2) is 9.97 Å². The minimum atomic E-state index is -4.58. The topological polar surface area (TPSA) is 61.6 Å². The number of rotatable bonds is 2. The molecule has 0 radical (unpaired) electrons. The summed E-state index contributed by atoms with van der Waals surface area (Å²) in [6, 6.07) is 5.01. The molecule has 0 atom stereocenters. The first-order valence-corrected chi connectivity index (χ1v) is 5.64. The third kappa shape index (κ3) is 2.97. The highest BCUT2D eigenvalue weighted by Gasteiger charge is 2.34. The molecule has 2 rings (SSSR count). The van der Waals surface area contributed by atoms with Gasteiger partial charge in [-0.2, -0.15) is 18.4 Å². The van der Waals surface area contributed by atoms with Gasteiger partial charge >= 0.3 is 6.18 Å². The number of aromatic nitrogens is 2. The van der Waals surface area contributed by atoms with Crippen molar-refractivity contribution in [3.8, 4) is 6.07 Å². The first-order chi connectivity index (χ1) is 9.41. The zero-order valence-electron chi connectivity index (χ0n) is 9.74. The van der Waals surface area contributed by atoms with E-state index in [-0.39, 0.29) is 22.2 Å². The summed E-state index contributed by atoms with van der Waals surface area (Å²) in [5.74, 6) is -0.0529. The van der Waals surface area contributed by atoms with Gasteiger partial charge in [-0.1, -0.05) is 11.6 Å². The molecular formula is C12H6ClF3N4. The summed E-state index contributed by atoms with van der Waals surface area (Å²) in [7, 11) is 0. The van der Waals surface area contributed by atoms with Crippen LogP contribution in [0.5, 0.6) is 0 Å². The highest BCUT2D eigenvalue weighted by Crippen LogP contribution is 2.37. The number of halogens is 4. The van der Waals surface area contributed by atoms with Crippen molar-refractivity contribution in [2.24, 2.45) is 0 Å². The van der Waals surface area contributed by atoms with Gasteiger partial charge in [-0.3, -0.25) is 0 Å². The van der Waals surface area contributed by atoms with Crippen molar-refractivity contribution in [3.63, 3.8) is 0 Å². The van der Waals surface area contributed by atoms with Crippen molar-refractivity contribution < 1.29 is 13.2 Å². The molecule has 1 heterocycles. The summed E-state index contributed by atoms with van der Waals surface area (Å²) in [5, 5.41) is 11.2. The number of benzene rings is 1. The van der Waals surface area contributed by atoms with Crippen molar-refractivity contribution in [2.75, 3.05) is 5.32 Å². The molecule has 0 aliphatic heterocycles. The molecule has 0 aliphatic carbocycles. The fraction of sp³-hybridized carbons (Fsp3) is 0.0833. The Hall–Kier alpha value is -2.33. The van der Waals surface area contributed by atoms with Gasteiger partial charge in [0.1, 0.15) is 6.07 Å². The van der Waals surface area contributed by atoms with Gasteiger partial charge in [-0.15, -0.1) is 0 Å². The molecule has 0 unspecified atom stereocenters. The van der Waals surface area contributed by atoms with E-state index in [1.807, 2.05) is 0 Å². The van der Waals surface area contributed by atoms with Crippen LogP contribution in [0, 0.1) is 11.3 Å². The highest BCUT2D eigenvalue weighted by molar-refractivity contribution is 6.30. The van der Waals surface area contributed by atoms with Crippen LogP contribution in [0.2, 0.25) is 5.02 Å². The van der Waals surface area contributed by atoms with Crippen molar-refractivity contribution in [2.45, 2.75) is 6.18 Å². The number of nitriles is 1. The maximum atomic E-state index is 12.9. The quantitative estimate of drug-likeness (QED) is 0.917. The van der Waals surface area contributed by atoms with Gasteiger partial charge in [0.2, 0.25) is 0 Å². The maximum absolute atomic E-state index is 12.9. The summed E-state index contributed by atoms with van der Waals surface area (Å²) in [5.41, 5.74) is -1.30. The average Bonchev–Trinajstić information content (AvgIpc) is 2.40. The molecule has 20 heavy (non-hydrogen) atoms. The molecule has 1 N–H and O–H groups in total. The lowest BCUT2D eigenvalue weighted by molar-refractivity contribution is -0.136. The lowest BCUT2D eigenvalue weighted by Crippen LogP contribution is -2.10. The Bertz CT molecular complexity index is 679. The zero-order valence-corrected chi connectivity index (χ0v) is 10.5. The Morgan fingerprint density at radius 2 is 1.90 bits per heavy atom. The van der Waals surface area contributed by atoms with Crippen LogP contribution < -0.4 is 5.32 Å². The molecule has 8 heteroatoms. The Labute approximate surface area is 116 Å². The van der Waals surface area contributed by atoms with E-state index in [0.717, 1.165) is 6.07 Å². The molecule has 0 fully saturated rings. The predicted molar refractivity (Wildman–Crippen MR) is 66.5 cm³/mol. The number of anilines is 2. The highest BCUT2D eigenvalue weighted by atomic mass is 35.5. The molecule has 1 aromatic heterocycles. The lowest BCUT2D eigenvalue weighted by atomic mass is 10.1. The fourth-order valence-electron chi connectivity index (χ4n) is 1.50. The second-order valence-electron chi connectivity index (χ2n) is 3.68. The Kier molecular flexibility index (Phi) is 3.77. The first-order valence-electron chi connectivity index (χ1n) is 5.26. The number of nitrogens with one attached hydrogen (secondary N) is 1. The fourth-order valence-corrected chi connectivity index (χ4v) is 1.67. The van der Waals surface area contributed by atoms with Crippen molar-refractivity contribution in [3.05, 3.63) is 46.9 Å². The van der Waals surface area contributed by atoms with Crippen LogP contribution in [0.25, 0.3) is 0 Å². The number of nitrogens with zero attached hydrogens (tertiary/aromatic N) is 3. The van der Waals surface area contributed by atoms with E-state index in [2.05, 4.69) is 15.3 Å². The van der Waals surface area contributed by atoms with Gasteiger partial charge in [0.15, 0.2) is 11.5 Å². The largest absolute Gasteiger partial charge is 0.418 e. The van der Waals surface area contributed by atoms with E-state index < -0.39 is 11.7 Å². The molecule has 0 amide bonds. The summed E-state index contributed by atoms with van der Waals surface area (Å²) in [6.07, 6.45) is -2.04. The van der Waals surface area contributed by atoms with E-state index in [1.54, 1.807) is 6.07 Å². The van der Waals surface area contributed by atoms with Gasteiger partial charge < -0.3 is 5.32 Å². The van der Waals surface area contributed by atoms with E-state index in [4.69, 9.17) is 16.9 Å². The molecule has 0 bridgehead atoms. The molecule has 4 nitrogen and oxygen atoms in total. The number of alkyl halides is 3. The standard InChI is InChI=1S/C12H6ClF3N4/c13-7-1-2-9(8(5-7)12(14,15)16)20-11-10(6-17)18-3-4-19-11/h1-5H,(H,19,20). The van der Waals surface area contributed by atoms with Crippen LogP contribution in [0.1, 0.15) is 11.3 Å². The molecule has 0 saturated heterocycles. The van der Waals surface area contributed by atoms with Crippen molar-refractivity contribution >= 4 is 23.1 Å². The van der Waals surface area contributed by atoms with E-state index in [9.17, 15) is 13.2 Å². The normalized spacial score (nSPS) is 10.9. The van der Waals surface area contributed by atoms with Crippen molar-refractivity contribution in [1.82, 2.24) is 9.97 Å². The molecule has 0 aliphatic rings. The molecule has 102 valence electrons. The summed E-state index contributed by atoms with van der Waals surface area (Å²) < 4.78 is 38.7. The Morgan fingerprint density at radius 1 is 1.20 bits per heavy atom. The average molecular weight is 299 g/mol. The minimum absolute atomic E-state index is 0.0393. The van der Waals surface area contributed by atoms with E-state index in [0.29, 0.717) is 0 Å². The van der Waals surface area contributed by atoms with Crippen LogP contribution >= 0.6 is 11.6 Å². The zero-order chi connectivity index (χ0) is 14.8. The summed E-state index contributed by atoms with van der Waals surface area (Å²) in [6.45, 7) is 0. The van der Waals surface area contributed by atoms with Gasteiger partial charge in [0.25, 0.3) is 0 Å². The second-order valence-corrected chi connectivity index (χ2v) is 4.11.